The topological polar surface area (TPSA) is 0 Å². The van der Waals surface area contributed by atoms with Crippen molar-refractivity contribution in [2.75, 3.05) is 5.75 Å². The van der Waals surface area contributed by atoms with E-state index in [-0.39, 0.29) is 5.75 Å². The van der Waals surface area contributed by atoms with Crippen molar-refractivity contribution in [3.8, 4) is 0 Å². The highest BCUT2D eigenvalue weighted by Crippen LogP contribution is 2.29. The number of alkyl halides is 4. The first-order valence-corrected chi connectivity index (χ1v) is 4.15. The number of thioether (sulfide) groups is 1. The quantitative estimate of drug-likeness (QED) is 0.514. The summed E-state index contributed by atoms with van der Waals surface area (Å²) in [6, 6.07) is 0. The molecule has 6 heteroatoms. The van der Waals surface area contributed by atoms with Crippen molar-refractivity contribution in [2.45, 2.75) is 19.3 Å². The Morgan fingerprint density at radius 2 is 2.00 bits per heavy atom. The summed E-state index contributed by atoms with van der Waals surface area (Å²) in [7, 11) is 0. The number of hydrogen-bond donors (Lipinski definition) is 0. The van der Waals surface area contributed by atoms with Gasteiger partial charge in [-0.15, -0.1) is 11.8 Å². The van der Waals surface area contributed by atoms with E-state index >= 15 is 0 Å². The Balaban J connectivity index is 4.18. The number of halogens is 4. The monoisotopic (exact) mass is 206 g/mol. The van der Waals surface area contributed by atoms with E-state index < -0.39 is 16.5 Å². The molecule has 0 saturated carbocycles. The van der Waals surface area contributed by atoms with Crippen molar-refractivity contribution in [1.29, 1.82) is 0 Å². The molecule has 0 rings (SSSR count). The summed E-state index contributed by atoms with van der Waals surface area (Å²) >= 11 is 4.67. The highest BCUT2D eigenvalue weighted by atomic mass is 32.2. The van der Waals surface area contributed by atoms with Gasteiger partial charge < -0.3 is 0 Å². The lowest BCUT2D eigenvalue weighted by Gasteiger charge is -2.14. The molecule has 0 aromatic rings. The maximum absolute atomic E-state index is 12.2. The first-order chi connectivity index (χ1) is 4.92. The molecular weight excluding hydrogens is 200 g/mol. The van der Waals surface area contributed by atoms with Crippen LogP contribution in [0.1, 0.15) is 6.92 Å². The average Bonchev–Trinajstić information content (AvgIpc) is 1.88. The summed E-state index contributed by atoms with van der Waals surface area (Å²) in [6.07, 6.45) is -3.70. The lowest BCUT2D eigenvalue weighted by atomic mass is 10.4. The third-order valence-corrected chi connectivity index (χ3v) is 2.27. The summed E-state index contributed by atoms with van der Waals surface area (Å²) in [5.74, 6) is -3.85. The van der Waals surface area contributed by atoms with Crippen LogP contribution in [0.5, 0.6) is 0 Å². The molecule has 0 fully saturated rings. The van der Waals surface area contributed by atoms with Gasteiger partial charge in [-0.25, -0.2) is 8.78 Å². The van der Waals surface area contributed by atoms with Crippen molar-refractivity contribution >= 4 is 28.2 Å². The van der Waals surface area contributed by atoms with E-state index in [1.54, 1.807) is 6.92 Å². The molecule has 66 valence electrons. The average molecular weight is 206 g/mol. The Morgan fingerprint density at radius 3 is 2.27 bits per heavy atom. The standard InChI is InChI=1S/C5H6F4S2/c1-2-11-4(10)5(8,9)3(6)7/h3H,2H2,1H3. The van der Waals surface area contributed by atoms with Crippen LogP contribution in [0, 0.1) is 0 Å². The van der Waals surface area contributed by atoms with E-state index in [4.69, 9.17) is 0 Å². The molecule has 0 aromatic heterocycles. The maximum atomic E-state index is 12.2. The fourth-order valence-corrected chi connectivity index (χ4v) is 1.30. The van der Waals surface area contributed by atoms with Gasteiger partial charge in [-0.2, -0.15) is 8.78 Å². The molecule has 0 aliphatic carbocycles. The summed E-state index contributed by atoms with van der Waals surface area (Å²) in [6.45, 7) is 1.57. The second-order valence-electron chi connectivity index (χ2n) is 1.64. The molecule has 0 radical (unpaired) electrons. The summed E-state index contributed by atoms with van der Waals surface area (Å²) in [4.78, 5) is 0. The van der Waals surface area contributed by atoms with Gasteiger partial charge in [-0.1, -0.05) is 19.1 Å². The molecule has 0 aromatic carbocycles. The van der Waals surface area contributed by atoms with Crippen molar-refractivity contribution in [2.24, 2.45) is 0 Å². The molecule has 0 unspecified atom stereocenters. The van der Waals surface area contributed by atoms with Gasteiger partial charge in [0.2, 0.25) is 0 Å². The van der Waals surface area contributed by atoms with Crippen LogP contribution in [-0.4, -0.2) is 22.3 Å². The maximum Gasteiger partial charge on any atom is 0.348 e. The first kappa shape index (κ1) is 11.2. The third kappa shape index (κ3) is 2.94. The minimum Gasteiger partial charge on any atom is -0.203 e. The van der Waals surface area contributed by atoms with Crippen LogP contribution in [0.4, 0.5) is 17.6 Å². The van der Waals surface area contributed by atoms with Crippen LogP contribution in [0.15, 0.2) is 0 Å². The van der Waals surface area contributed by atoms with Crippen molar-refractivity contribution in [1.82, 2.24) is 0 Å². The van der Waals surface area contributed by atoms with Gasteiger partial charge >= 0.3 is 12.3 Å². The third-order valence-electron chi connectivity index (χ3n) is 0.822. The van der Waals surface area contributed by atoms with Gasteiger partial charge in [-0.3, -0.25) is 0 Å². The van der Waals surface area contributed by atoms with Gasteiger partial charge in [0.15, 0.2) is 0 Å². The molecular formula is C5H6F4S2. The molecule has 0 bridgehead atoms. The second-order valence-corrected chi connectivity index (χ2v) is 3.59. The van der Waals surface area contributed by atoms with Gasteiger partial charge in [0.1, 0.15) is 4.20 Å². The fraction of sp³-hybridized carbons (Fsp3) is 0.800. The number of thiocarbonyl (C=S) groups is 1. The molecule has 0 saturated heterocycles. The molecule has 11 heavy (non-hydrogen) atoms. The predicted molar refractivity (Wildman–Crippen MR) is 41.7 cm³/mol. The van der Waals surface area contributed by atoms with E-state index in [2.05, 4.69) is 12.2 Å². The van der Waals surface area contributed by atoms with Crippen molar-refractivity contribution in [3.05, 3.63) is 0 Å². The molecule has 0 atom stereocenters. The van der Waals surface area contributed by atoms with Gasteiger partial charge in [0.05, 0.1) is 0 Å². The summed E-state index contributed by atoms with van der Waals surface area (Å²) in [5, 5.41) is 0. The highest BCUT2D eigenvalue weighted by Gasteiger charge is 2.45. The zero-order valence-electron chi connectivity index (χ0n) is 5.61. The first-order valence-electron chi connectivity index (χ1n) is 2.76. The Morgan fingerprint density at radius 1 is 1.55 bits per heavy atom. The number of hydrogen-bond acceptors (Lipinski definition) is 2. The van der Waals surface area contributed by atoms with Crippen molar-refractivity contribution in [3.63, 3.8) is 0 Å². The van der Waals surface area contributed by atoms with E-state index in [1.165, 1.54) is 0 Å². The Labute approximate surface area is 71.3 Å². The zero-order chi connectivity index (χ0) is 9.07. The smallest absolute Gasteiger partial charge is 0.203 e. The Hall–Kier alpha value is 0.160. The normalized spacial score (nSPS) is 12.2. The van der Waals surface area contributed by atoms with Gasteiger partial charge in [0, 0.05) is 0 Å². The van der Waals surface area contributed by atoms with Crippen LogP contribution in [-0.2, 0) is 0 Å². The molecule has 0 nitrogen and oxygen atoms in total. The molecule has 0 heterocycles. The van der Waals surface area contributed by atoms with Crippen LogP contribution in [0.2, 0.25) is 0 Å². The van der Waals surface area contributed by atoms with E-state index in [0.717, 1.165) is 0 Å². The van der Waals surface area contributed by atoms with Crippen molar-refractivity contribution < 1.29 is 17.6 Å². The Kier molecular flexibility index (Phi) is 4.31. The minimum absolute atomic E-state index is 0.279. The lowest BCUT2D eigenvalue weighted by Crippen LogP contribution is -2.33. The van der Waals surface area contributed by atoms with E-state index in [1.807, 2.05) is 0 Å². The van der Waals surface area contributed by atoms with Crippen LogP contribution >= 0.6 is 24.0 Å². The van der Waals surface area contributed by atoms with Crippen LogP contribution in [0.3, 0.4) is 0 Å². The lowest BCUT2D eigenvalue weighted by molar-refractivity contribution is -0.0710. The SMILES string of the molecule is CCSC(=S)C(F)(F)C(F)F. The Bertz CT molecular complexity index is 145. The fourth-order valence-electron chi connectivity index (χ4n) is 0.316. The van der Waals surface area contributed by atoms with Crippen LogP contribution < -0.4 is 0 Å². The summed E-state index contributed by atoms with van der Waals surface area (Å²) < 4.78 is 46.6. The molecule has 0 aliphatic heterocycles. The molecule has 0 amide bonds. The molecule has 0 aliphatic rings. The van der Waals surface area contributed by atoms with Gasteiger partial charge in [-0.05, 0) is 5.75 Å². The van der Waals surface area contributed by atoms with Gasteiger partial charge in [0.25, 0.3) is 0 Å². The molecule has 0 spiro atoms. The highest BCUT2D eigenvalue weighted by molar-refractivity contribution is 8.23. The van der Waals surface area contributed by atoms with E-state index in [0.29, 0.717) is 11.8 Å². The minimum atomic E-state index is -4.13. The largest absolute Gasteiger partial charge is 0.348 e. The van der Waals surface area contributed by atoms with Crippen LogP contribution in [0.25, 0.3) is 0 Å². The molecule has 0 N–H and O–H groups in total. The predicted octanol–water partition coefficient (Wildman–Crippen LogP) is 2.97. The second kappa shape index (κ2) is 4.25. The zero-order valence-corrected chi connectivity index (χ0v) is 7.25. The summed E-state index contributed by atoms with van der Waals surface area (Å²) in [5.41, 5.74) is 0. The van der Waals surface area contributed by atoms with E-state index in [9.17, 15) is 17.6 Å². The number of rotatable bonds is 3.